The Balaban J connectivity index is 1.98. The van der Waals surface area contributed by atoms with Crippen LogP contribution in [0.4, 0.5) is 0 Å². The highest BCUT2D eigenvalue weighted by Crippen LogP contribution is 2.13. The summed E-state index contributed by atoms with van der Waals surface area (Å²) in [4.78, 5) is 13.8. The number of benzene rings is 1. The summed E-state index contributed by atoms with van der Waals surface area (Å²) in [7, 11) is 1.65. The first-order chi connectivity index (χ1) is 7.79. The first-order valence-electron chi connectivity index (χ1n) is 5.83. The molecule has 0 unspecified atom stereocenters. The van der Waals surface area contributed by atoms with Crippen molar-refractivity contribution in [2.45, 2.75) is 19.4 Å². The molecule has 1 heterocycles. The smallest absolute Gasteiger partial charge is 0.251 e. The zero-order valence-corrected chi connectivity index (χ0v) is 9.70. The Hall–Kier alpha value is -1.35. The van der Waals surface area contributed by atoms with Crippen LogP contribution < -0.4 is 5.32 Å². The maximum absolute atomic E-state index is 11.3. The van der Waals surface area contributed by atoms with Gasteiger partial charge in [0.1, 0.15) is 0 Å². The lowest BCUT2D eigenvalue weighted by molar-refractivity contribution is 0.0963. The van der Waals surface area contributed by atoms with E-state index in [2.05, 4.69) is 10.2 Å². The second-order valence-corrected chi connectivity index (χ2v) is 4.26. The van der Waals surface area contributed by atoms with Gasteiger partial charge in [-0.1, -0.05) is 12.1 Å². The summed E-state index contributed by atoms with van der Waals surface area (Å²) in [5.41, 5.74) is 2.02. The van der Waals surface area contributed by atoms with Crippen molar-refractivity contribution < 1.29 is 4.79 Å². The Morgan fingerprint density at radius 2 is 1.88 bits per heavy atom. The molecular formula is C13H18N2O. The molecule has 1 fully saturated rings. The lowest BCUT2D eigenvalue weighted by Crippen LogP contribution is -2.19. The molecule has 3 heteroatoms. The van der Waals surface area contributed by atoms with Crippen LogP contribution in [0.25, 0.3) is 0 Å². The summed E-state index contributed by atoms with van der Waals surface area (Å²) < 4.78 is 0. The molecule has 86 valence electrons. The SMILES string of the molecule is CNC(=O)c1ccc(CN2CCCC2)cc1. The number of carbonyl (C=O) groups excluding carboxylic acids is 1. The van der Waals surface area contributed by atoms with E-state index in [0.717, 1.165) is 12.1 Å². The highest BCUT2D eigenvalue weighted by molar-refractivity contribution is 5.93. The summed E-state index contributed by atoms with van der Waals surface area (Å²) >= 11 is 0. The predicted octanol–water partition coefficient (Wildman–Crippen LogP) is 1.64. The number of hydrogen-bond donors (Lipinski definition) is 1. The Morgan fingerprint density at radius 3 is 2.44 bits per heavy atom. The first kappa shape index (κ1) is 11.1. The first-order valence-corrected chi connectivity index (χ1v) is 5.83. The van der Waals surface area contributed by atoms with Gasteiger partial charge in [-0.15, -0.1) is 0 Å². The van der Waals surface area contributed by atoms with Crippen LogP contribution in [0.3, 0.4) is 0 Å². The van der Waals surface area contributed by atoms with Crippen molar-refractivity contribution in [3.8, 4) is 0 Å². The number of amides is 1. The van der Waals surface area contributed by atoms with Crippen LogP contribution in [0, 0.1) is 0 Å². The molecule has 1 saturated heterocycles. The van der Waals surface area contributed by atoms with E-state index in [1.807, 2.05) is 24.3 Å². The van der Waals surface area contributed by atoms with E-state index >= 15 is 0 Å². The molecule has 1 amide bonds. The van der Waals surface area contributed by atoms with Crippen LogP contribution in [-0.4, -0.2) is 30.9 Å². The van der Waals surface area contributed by atoms with Crippen molar-refractivity contribution in [3.05, 3.63) is 35.4 Å². The fourth-order valence-electron chi connectivity index (χ4n) is 2.10. The molecule has 1 aliphatic rings. The molecule has 0 spiro atoms. The summed E-state index contributed by atoms with van der Waals surface area (Å²) in [6, 6.07) is 7.88. The average Bonchev–Trinajstić information content (AvgIpc) is 2.82. The van der Waals surface area contributed by atoms with Crippen LogP contribution in [0.5, 0.6) is 0 Å². The van der Waals surface area contributed by atoms with E-state index in [0.29, 0.717) is 0 Å². The normalized spacial score (nSPS) is 16.3. The zero-order valence-electron chi connectivity index (χ0n) is 9.70. The Labute approximate surface area is 96.5 Å². The lowest BCUT2D eigenvalue weighted by Gasteiger charge is -2.14. The molecule has 0 radical (unpaired) electrons. The highest BCUT2D eigenvalue weighted by Gasteiger charge is 2.11. The average molecular weight is 218 g/mol. The van der Waals surface area contributed by atoms with Gasteiger partial charge in [0.25, 0.3) is 5.91 Å². The molecular weight excluding hydrogens is 200 g/mol. The number of nitrogens with one attached hydrogen (secondary N) is 1. The maximum atomic E-state index is 11.3. The van der Waals surface area contributed by atoms with Crippen molar-refractivity contribution in [3.63, 3.8) is 0 Å². The van der Waals surface area contributed by atoms with Gasteiger partial charge in [-0.05, 0) is 43.6 Å². The Kier molecular flexibility index (Phi) is 3.57. The van der Waals surface area contributed by atoms with Crippen molar-refractivity contribution in [1.29, 1.82) is 0 Å². The van der Waals surface area contributed by atoms with E-state index in [-0.39, 0.29) is 5.91 Å². The summed E-state index contributed by atoms with van der Waals surface area (Å²) in [5.74, 6) is -0.0206. The van der Waals surface area contributed by atoms with Gasteiger partial charge in [0.2, 0.25) is 0 Å². The fourth-order valence-corrected chi connectivity index (χ4v) is 2.10. The molecule has 1 N–H and O–H groups in total. The summed E-state index contributed by atoms with van der Waals surface area (Å²) in [6.07, 6.45) is 2.63. The van der Waals surface area contributed by atoms with Crippen molar-refractivity contribution >= 4 is 5.91 Å². The van der Waals surface area contributed by atoms with Gasteiger partial charge >= 0.3 is 0 Å². The van der Waals surface area contributed by atoms with Crippen LogP contribution in [0.15, 0.2) is 24.3 Å². The van der Waals surface area contributed by atoms with E-state index < -0.39 is 0 Å². The quantitative estimate of drug-likeness (QED) is 0.836. The van der Waals surface area contributed by atoms with Gasteiger partial charge in [0.05, 0.1) is 0 Å². The van der Waals surface area contributed by atoms with Gasteiger partial charge in [0, 0.05) is 19.2 Å². The lowest BCUT2D eigenvalue weighted by atomic mass is 10.1. The van der Waals surface area contributed by atoms with Crippen molar-refractivity contribution in [2.24, 2.45) is 0 Å². The second kappa shape index (κ2) is 5.12. The van der Waals surface area contributed by atoms with Gasteiger partial charge in [-0.25, -0.2) is 0 Å². The molecule has 2 rings (SSSR count). The third-order valence-corrected chi connectivity index (χ3v) is 3.05. The second-order valence-electron chi connectivity index (χ2n) is 4.26. The van der Waals surface area contributed by atoms with E-state index in [1.54, 1.807) is 7.05 Å². The number of nitrogens with zero attached hydrogens (tertiary/aromatic N) is 1. The molecule has 3 nitrogen and oxygen atoms in total. The minimum atomic E-state index is -0.0206. The maximum Gasteiger partial charge on any atom is 0.251 e. The molecule has 0 bridgehead atoms. The molecule has 0 aliphatic carbocycles. The van der Waals surface area contributed by atoms with Gasteiger partial charge in [-0.2, -0.15) is 0 Å². The molecule has 1 aromatic rings. The number of hydrogen-bond acceptors (Lipinski definition) is 2. The third kappa shape index (κ3) is 2.61. The minimum absolute atomic E-state index is 0.0206. The molecule has 1 aliphatic heterocycles. The zero-order chi connectivity index (χ0) is 11.4. The number of likely N-dealkylation sites (tertiary alicyclic amines) is 1. The number of rotatable bonds is 3. The van der Waals surface area contributed by atoms with Crippen LogP contribution in [-0.2, 0) is 6.54 Å². The highest BCUT2D eigenvalue weighted by atomic mass is 16.1. The van der Waals surface area contributed by atoms with Crippen LogP contribution in [0.1, 0.15) is 28.8 Å². The predicted molar refractivity (Wildman–Crippen MR) is 64.3 cm³/mol. The fraction of sp³-hybridized carbons (Fsp3) is 0.462. The van der Waals surface area contributed by atoms with Gasteiger partial charge < -0.3 is 5.32 Å². The summed E-state index contributed by atoms with van der Waals surface area (Å²) in [6.45, 7) is 3.42. The van der Waals surface area contributed by atoms with E-state index in [4.69, 9.17) is 0 Å². The topological polar surface area (TPSA) is 32.3 Å². The monoisotopic (exact) mass is 218 g/mol. The Morgan fingerprint density at radius 1 is 1.25 bits per heavy atom. The molecule has 0 atom stereocenters. The Bertz CT molecular complexity index is 353. The molecule has 1 aromatic carbocycles. The van der Waals surface area contributed by atoms with Crippen LogP contribution in [0.2, 0.25) is 0 Å². The molecule has 0 aromatic heterocycles. The minimum Gasteiger partial charge on any atom is -0.355 e. The third-order valence-electron chi connectivity index (χ3n) is 3.05. The molecule has 16 heavy (non-hydrogen) atoms. The van der Waals surface area contributed by atoms with E-state index in [9.17, 15) is 4.79 Å². The van der Waals surface area contributed by atoms with Crippen molar-refractivity contribution in [1.82, 2.24) is 10.2 Å². The van der Waals surface area contributed by atoms with Gasteiger partial charge in [-0.3, -0.25) is 9.69 Å². The van der Waals surface area contributed by atoms with Gasteiger partial charge in [0.15, 0.2) is 0 Å². The van der Waals surface area contributed by atoms with Crippen molar-refractivity contribution in [2.75, 3.05) is 20.1 Å². The number of carbonyl (C=O) groups is 1. The standard InChI is InChI=1S/C13H18N2O/c1-14-13(16)12-6-4-11(5-7-12)10-15-8-2-3-9-15/h4-7H,2-3,8-10H2,1H3,(H,14,16). The molecule has 0 saturated carbocycles. The van der Waals surface area contributed by atoms with Crippen LogP contribution >= 0.6 is 0 Å². The largest absolute Gasteiger partial charge is 0.355 e. The summed E-state index contributed by atoms with van der Waals surface area (Å²) in [5, 5.41) is 2.62. The van der Waals surface area contributed by atoms with E-state index in [1.165, 1.54) is 31.5 Å².